The number of halogens is 4. The van der Waals surface area contributed by atoms with Crippen LogP contribution in [-0.4, -0.2) is 93.3 Å². The summed E-state index contributed by atoms with van der Waals surface area (Å²) < 4.78 is 59.2. The molecule has 4 heterocycles. The van der Waals surface area contributed by atoms with E-state index in [4.69, 9.17) is 24.7 Å². The molecule has 0 bridgehead atoms. The molecular formula is C59H60F4N8O5. The van der Waals surface area contributed by atoms with Crippen molar-refractivity contribution >= 4 is 57.1 Å². The number of anilines is 2. The Labute approximate surface area is 440 Å². The Morgan fingerprint density at radius 2 is 0.789 bits per heavy atom. The number of likely N-dealkylation sites (tertiary alicyclic amines) is 2. The maximum absolute atomic E-state index is 13.6. The highest BCUT2D eigenvalue weighted by molar-refractivity contribution is 5.97. The zero-order valence-electron chi connectivity index (χ0n) is 42.5. The van der Waals surface area contributed by atoms with Crippen LogP contribution in [0.25, 0.3) is 67.1 Å². The van der Waals surface area contributed by atoms with Crippen molar-refractivity contribution in [1.82, 2.24) is 29.7 Å². The highest BCUT2D eigenvalue weighted by Crippen LogP contribution is 2.34. The number of nitrogens with zero attached hydrogens (tertiary/aromatic N) is 6. The Hall–Kier alpha value is -8.44. The van der Waals surface area contributed by atoms with Crippen molar-refractivity contribution in [3.63, 3.8) is 0 Å². The highest BCUT2D eigenvalue weighted by atomic mass is 19.1. The van der Waals surface area contributed by atoms with Crippen LogP contribution in [0.5, 0.6) is 0 Å². The predicted octanol–water partition coefficient (Wildman–Crippen LogP) is 12.0. The van der Waals surface area contributed by atoms with E-state index in [1.165, 1.54) is 62.6 Å². The van der Waals surface area contributed by atoms with Crippen molar-refractivity contribution < 1.29 is 44.3 Å². The molecule has 0 unspecified atom stereocenters. The molecule has 394 valence electrons. The van der Waals surface area contributed by atoms with E-state index in [1.54, 1.807) is 94.7 Å². The molecule has 76 heavy (non-hydrogen) atoms. The largest absolute Gasteiger partial charge is 0.375 e. The molecule has 0 aliphatic carbocycles. The molecule has 2 aliphatic heterocycles. The minimum Gasteiger partial charge on any atom is -0.375 e. The van der Waals surface area contributed by atoms with E-state index in [1.807, 2.05) is 13.8 Å². The summed E-state index contributed by atoms with van der Waals surface area (Å²) in [5.41, 5.74) is 8.27. The fourth-order valence-electron chi connectivity index (χ4n) is 9.05. The lowest BCUT2D eigenvalue weighted by atomic mass is 9.95. The van der Waals surface area contributed by atoms with Crippen molar-refractivity contribution in [2.45, 2.75) is 46.5 Å². The Kier molecular flexibility index (Phi) is 17.5. The maximum atomic E-state index is 13.6. The number of piperidine rings is 2. The van der Waals surface area contributed by atoms with Crippen molar-refractivity contribution in [3.05, 3.63) is 157 Å². The van der Waals surface area contributed by atoms with Crippen LogP contribution in [0.1, 0.15) is 49.3 Å². The predicted molar refractivity (Wildman–Crippen MR) is 290 cm³/mol. The fraction of sp³-hybridized carbons (Fsp3) is 0.254. The van der Waals surface area contributed by atoms with E-state index < -0.39 is 0 Å². The van der Waals surface area contributed by atoms with Gasteiger partial charge < -0.3 is 25.2 Å². The van der Waals surface area contributed by atoms with Gasteiger partial charge in [-0.2, -0.15) is 0 Å². The van der Waals surface area contributed by atoms with E-state index in [2.05, 4.69) is 10.6 Å². The SMILES string of the molecule is CC.CC(=O)N1CCC(C(=O)Nc2ccc3nc(-c4ccc(F)cc4)c(-c4ccc(F)cc4)nc3c2)CC1.COCC(=O)N1CCC(C(=O)Nc2ccc3nc(-c4ccc(F)cc4)c(-c4ccc(F)cc4)nc3c2)CC1.[HH].[HH]. The molecule has 0 spiro atoms. The lowest BCUT2D eigenvalue weighted by Gasteiger charge is -2.31. The molecule has 2 saturated heterocycles. The topological polar surface area (TPSA) is 160 Å². The Morgan fingerprint density at radius 1 is 0.487 bits per heavy atom. The number of carbonyl (C=O) groups excluding carboxylic acids is 4. The van der Waals surface area contributed by atoms with E-state index in [9.17, 15) is 36.7 Å². The fourth-order valence-corrected chi connectivity index (χ4v) is 9.05. The van der Waals surface area contributed by atoms with Gasteiger partial charge in [-0.15, -0.1) is 0 Å². The average molecular weight is 1040 g/mol. The number of methoxy groups -OCH3 is 1. The normalized spacial score (nSPS) is 13.8. The van der Waals surface area contributed by atoms with Crippen LogP contribution in [0.2, 0.25) is 0 Å². The molecule has 8 aromatic rings. The van der Waals surface area contributed by atoms with Gasteiger partial charge in [0.05, 0.1) is 44.8 Å². The minimum atomic E-state index is -0.371. The third-order valence-electron chi connectivity index (χ3n) is 13.1. The van der Waals surface area contributed by atoms with Crippen LogP contribution < -0.4 is 10.6 Å². The standard InChI is InChI=1S/C29H26F2N4O3.C28H24F2N4O2.C2H6.2H2/c1-38-17-26(36)35-14-12-20(13-15-35)29(37)32-23-10-11-24-25(16-23)34-28(19-4-8-22(31)9-5-19)27(33-24)18-2-6-21(30)7-3-18;1-17(35)34-14-12-20(13-15-34)28(36)31-23-10-11-24-25(16-23)33-27(19-4-8-22(30)9-5-19)26(32-24)18-2-6-21(29)7-3-18;1-2;;/h2-11,16,20H,12-15,17H2,1H3,(H,32,37);2-11,16,20H,12-15H2,1H3,(H,31,36);1-2H3;2*1H. The molecule has 4 amide bonds. The van der Waals surface area contributed by atoms with E-state index in [0.717, 1.165) is 0 Å². The van der Waals surface area contributed by atoms with Crippen LogP contribution in [-0.2, 0) is 23.9 Å². The van der Waals surface area contributed by atoms with E-state index in [0.29, 0.717) is 130 Å². The van der Waals surface area contributed by atoms with Gasteiger partial charge in [-0.3, -0.25) is 19.2 Å². The number of rotatable bonds is 10. The summed E-state index contributed by atoms with van der Waals surface area (Å²) in [6.45, 7) is 7.75. The Bertz CT molecular complexity index is 3360. The molecule has 0 atom stereocenters. The molecule has 2 aliphatic rings. The van der Waals surface area contributed by atoms with E-state index >= 15 is 0 Å². The van der Waals surface area contributed by atoms with Gasteiger partial charge in [0, 0.05) is 88.5 Å². The molecule has 10 rings (SSSR count). The quantitative estimate of drug-likeness (QED) is 0.127. The first-order valence-electron chi connectivity index (χ1n) is 25.1. The smallest absolute Gasteiger partial charge is 0.248 e. The lowest BCUT2D eigenvalue weighted by Crippen LogP contribution is -2.42. The number of fused-ring (bicyclic) bond motifs is 2. The minimum absolute atomic E-state index is 0. The molecule has 0 saturated carbocycles. The summed E-state index contributed by atoms with van der Waals surface area (Å²) >= 11 is 0. The second kappa shape index (κ2) is 24.7. The highest BCUT2D eigenvalue weighted by Gasteiger charge is 2.28. The molecule has 2 aromatic heterocycles. The first kappa shape index (κ1) is 53.8. The van der Waals surface area contributed by atoms with Crippen LogP contribution in [0, 0.1) is 35.1 Å². The summed E-state index contributed by atoms with van der Waals surface area (Å²) in [5.74, 6) is -2.08. The molecule has 2 N–H and O–H groups in total. The number of hydrogen-bond donors (Lipinski definition) is 2. The van der Waals surface area contributed by atoms with Crippen molar-refractivity contribution in [2.75, 3.05) is 50.5 Å². The first-order chi connectivity index (χ1) is 36.8. The molecule has 2 fully saturated rings. The maximum Gasteiger partial charge on any atom is 0.248 e. The van der Waals surface area contributed by atoms with Crippen molar-refractivity contribution in [3.8, 4) is 45.0 Å². The van der Waals surface area contributed by atoms with Gasteiger partial charge in [0.25, 0.3) is 0 Å². The number of amides is 4. The Balaban J connectivity index is 0.000000239. The van der Waals surface area contributed by atoms with Gasteiger partial charge in [0.2, 0.25) is 23.6 Å². The third-order valence-corrected chi connectivity index (χ3v) is 13.1. The monoisotopic (exact) mass is 1040 g/mol. The van der Waals surface area contributed by atoms with Gasteiger partial charge in [0.15, 0.2) is 0 Å². The molecule has 6 aromatic carbocycles. The molecular weight excluding hydrogens is 977 g/mol. The van der Waals surface area contributed by atoms with Crippen molar-refractivity contribution in [2.24, 2.45) is 11.8 Å². The zero-order valence-corrected chi connectivity index (χ0v) is 42.5. The number of hydrogen-bond acceptors (Lipinski definition) is 9. The summed E-state index contributed by atoms with van der Waals surface area (Å²) in [6.07, 6.45) is 2.39. The van der Waals surface area contributed by atoms with Gasteiger partial charge in [-0.05, 0) is 159 Å². The number of nitrogens with one attached hydrogen (secondary N) is 2. The van der Waals surface area contributed by atoms with Crippen LogP contribution >= 0.6 is 0 Å². The van der Waals surface area contributed by atoms with Crippen LogP contribution in [0.4, 0.5) is 28.9 Å². The summed E-state index contributed by atoms with van der Waals surface area (Å²) in [4.78, 5) is 72.0. The molecule has 17 heteroatoms. The van der Waals surface area contributed by atoms with Gasteiger partial charge >= 0.3 is 0 Å². The molecule has 0 radical (unpaired) electrons. The number of aromatic nitrogens is 4. The van der Waals surface area contributed by atoms with Crippen LogP contribution in [0.15, 0.2) is 133 Å². The van der Waals surface area contributed by atoms with Gasteiger partial charge in [0.1, 0.15) is 29.9 Å². The molecule has 13 nitrogen and oxygen atoms in total. The van der Waals surface area contributed by atoms with E-state index in [-0.39, 0.29) is 68.2 Å². The van der Waals surface area contributed by atoms with Gasteiger partial charge in [-0.25, -0.2) is 37.5 Å². The summed E-state index contributed by atoms with van der Waals surface area (Å²) in [6, 6.07) is 34.4. The lowest BCUT2D eigenvalue weighted by molar-refractivity contribution is -0.138. The second-order valence-corrected chi connectivity index (χ2v) is 18.1. The van der Waals surface area contributed by atoms with Crippen molar-refractivity contribution in [1.29, 1.82) is 0 Å². The summed E-state index contributed by atoms with van der Waals surface area (Å²) in [7, 11) is 1.48. The number of benzene rings is 6. The second-order valence-electron chi connectivity index (χ2n) is 18.1. The Morgan fingerprint density at radius 3 is 1.09 bits per heavy atom. The van der Waals surface area contributed by atoms with Crippen LogP contribution in [0.3, 0.4) is 0 Å². The third kappa shape index (κ3) is 13.1. The average Bonchev–Trinajstić information content (AvgIpc) is 3.44. The van der Waals surface area contributed by atoms with Gasteiger partial charge in [-0.1, -0.05) is 13.8 Å². The first-order valence-corrected chi connectivity index (χ1v) is 25.1. The zero-order chi connectivity index (χ0) is 53.9. The number of ether oxygens (including phenoxy) is 1. The summed E-state index contributed by atoms with van der Waals surface area (Å²) in [5, 5.41) is 5.93. The number of carbonyl (C=O) groups is 4.